The molecule has 2 N–H and O–H groups in total. The average molecular weight is 394 g/mol. The van der Waals surface area contributed by atoms with Gasteiger partial charge in [-0.05, 0) is 47.8 Å². The van der Waals surface area contributed by atoms with Crippen LogP contribution in [-0.2, 0) is 0 Å². The van der Waals surface area contributed by atoms with Gasteiger partial charge in [0.2, 0.25) is 0 Å². The van der Waals surface area contributed by atoms with Crippen LogP contribution in [0.4, 0.5) is 11.6 Å². The molecule has 3 heterocycles. The maximum Gasteiger partial charge on any atom is 0.287 e. The summed E-state index contributed by atoms with van der Waals surface area (Å²) in [7, 11) is 0. The quantitative estimate of drug-likeness (QED) is 0.733. The van der Waals surface area contributed by atoms with E-state index in [0.29, 0.717) is 17.8 Å². The van der Waals surface area contributed by atoms with Crippen LogP contribution in [0.25, 0.3) is 0 Å². The van der Waals surface area contributed by atoms with E-state index in [-0.39, 0.29) is 11.7 Å². The Labute approximate surface area is 149 Å². The van der Waals surface area contributed by atoms with Gasteiger partial charge in [-0.15, -0.1) is 0 Å². The summed E-state index contributed by atoms with van der Waals surface area (Å²) in [5.74, 6) is 2.54. The molecule has 8 heteroatoms. The van der Waals surface area contributed by atoms with Gasteiger partial charge in [0.05, 0.1) is 0 Å². The molecule has 1 aliphatic rings. The Bertz CT molecular complexity index is 712. The number of anilines is 2. The SMILES string of the molecule is Cc1nc(NCCNC(=O)c2ccc(Br)o2)cc(N2CCCC2)n1. The highest BCUT2D eigenvalue weighted by Gasteiger charge is 2.15. The largest absolute Gasteiger partial charge is 0.444 e. The van der Waals surface area contributed by atoms with Crippen molar-refractivity contribution in [1.82, 2.24) is 15.3 Å². The van der Waals surface area contributed by atoms with E-state index in [1.54, 1.807) is 12.1 Å². The third-order valence-electron chi connectivity index (χ3n) is 3.77. The summed E-state index contributed by atoms with van der Waals surface area (Å²) < 4.78 is 5.75. The van der Waals surface area contributed by atoms with E-state index in [4.69, 9.17) is 4.42 Å². The van der Waals surface area contributed by atoms with Gasteiger partial charge in [0.25, 0.3) is 5.91 Å². The second-order valence-electron chi connectivity index (χ2n) is 5.64. The number of halogens is 1. The molecule has 0 atom stereocenters. The predicted octanol–water partition coefficient (Wildman–Crippen LogP) is 2.58. The molecule has 1 fully saturated rings. The van der Waals surface area contributed by atoms with Gasteiger partial charge >= 0.3 is 0 Å². The van der Waals surface area contributed by atoms with E-state index in [0.717, 1.165) is 30.5 Å². The summed E-state index contributed by atoms with van der Waals surface area (Å²) in [6.45, 7) is 5.03. The Hall–Kier alpha value is -2.09. The Kier molecular flexibility index (Phi) is 5.34. The number of furan rings is 1. The van der Waals surface area contributed by atoms with Gasteiger partial charge in [-0.25, -0.2) is 9.97 Å². The van der Waals surface area contributed by atoms with Gasteiger partial charge in [-0.2, -0.15) is 0 Å². The Balaban J connectivity index is 1.50. The van der Waals surface area contributed by atoms with Gasteiger partial charge in [0, 0.05) is 32.2 Å². The fraction of sp³-hybridized carbons (Fsp3) is 0.438. The zero-order valence-corrected chi connectivity index (χ0v) is 15.1. The van der Waals surface area contributed by atoms with E-state index >= 15 is 0 Å². The van der Waals surface area contributed by atoms with E-state index in [9.17, 15) is 4.79 Å². The number of rotatable bonds is 6. The second kappa shape index (κ2) is 7.65. The van der Waals surface area contributed by atoms with Crippen molar-refractivity contribution in [3.8, 4) is 0 Å². The molecule has 0 aliphatic carbocycles. The van der Waals surface area contributed by atoms with Crippen LogP contribution in [0.15, 0.2) is 27.3 Å². The first-order chi connectivity index (χ1) is 11.6. The van der Waals surface area contributed by atoms with E-state index < -0.39 is 0 Å². The molecule has 2 aromatic rings. The molecule has 0 saturated carbocycles. The fourth-order valence-corrected chi connectivity index (χ4v) is 2.95. The third-order valence-corrected chi connectivity index (χ3v) is 4.19. The van der Waals surface area contributed by atoms with Crippen LogP contribution in [-0.4, -0.2) is 42.1 Å². The minimum atomic E-state index is -0.237. The highest BCUT2D eigenvalue weighted by molar-refractivity contribution is 9.10. The molecular weight excluding hydrogens is 374 g/mol. The van der Waals surface area contributed by atoms with Crippen LogP contribution in [0.5, 0.6) is 0 Å². The number of aromatic nitrogens is 2. The van der Waals surface area contributed by atoms with Gasteiger partial charge < -0.3 is 20.0 Å². The molecule has 2 aromatic heterocycles. The lowest BCUT2D eigenvalue weighted by atomic mass is 10.4. The van der Waals surface area contributed by atoms with Crippen LogP contribution < -0.4 is 15.5 Å². The van der Waals surface area contributed by atoms with Crippen LogP contribution >= 0.6 is 15.9 Å². The molecule has 1 aliphatic heterocycles. The van der Waals surface area contributed by atoms with Gasteiger partial charge in [-0.3, -0.25) is 4.79 Å². The minimum Gasteiger partial charge on any atom is -0.444 e. The fourth-order valence-electron chi connectivity index (χ4n) is 2.64. The van der Waals surface area contributed by atoms with Crippen LogP contribution in [0.3, 0.4) is 0 Å². The number of carbonyl (C=O) groups excluding carboxylic acids is 1. The third kappa shape index (κ3) is 4.25. The topological polar surface area (TPSA) is 83.3 Å². The summed E-state index contributed by atoms with van der Waals surface area (Å²) in [5.41, 5.74) is 0. The van der Waals surface area contributed by atoms with Crippen molar-refractivity contribution in [1.29, 1.82) is 0 Å². The number of carbonyl (C=O) groups is 1. The van der Waals surface area contributed by atoms with Crippen molar-refractivity contribution in [2.45, 2.75) is 19.8 Å². The highest BCUT2D eigenvalue weighted by Crippen LogP contribution is 2.20. The maximum atomic E-state index is 11.9. The molecule has 0 unspecified atom stereocenters. The zero-order chi connectivity index (χ0) is 16.9. The molecule has 0 aromatic carbocycles. The number of amides is 1. The van der Waals surface area contributed by atoms with E-state index in [1.165, 1.54) is 12.8 Å². The molecule has 1 saturated heterocycles. The first kappa shape index (κ1) is 16.8. The molecule has 0 spiro atoms. The molecule has 1 amide bonds. The smallest absolute Gasteiger partial charge is 0.287 e. The van der Waals surface area contributed by atoms with Crippen molar-refractivity contribution in [2.75, 3.05) is 36.4 Å². The van der Waals surface area contributed by atoms with Crippen LogP contribution in [0.2, 0.25) is 0 Å². The summed E-state index contributed by atoms with van der Waals surface area (Å²) in [6, 6.07) is 5.28. The average Bonchev–Trinajstić information content (AvgIpc) is 3.22. The summed E-state index contributed by atoms with van der Waals surface area (Å²) in [4.78, 5) is 23.0. The van der Waals surface area contributed by atoms with E-state index in [1.807, 2.05) is 13.0 Å². The lowest BCUT2D eigenvalue weighted by Gasteiger charge is -2.17. The first-order valence-electron chi connectivity index (χ1n) is 8.00. The van der Waals surface area contributed by atoms with Crippen molar-refractivity contribution in [2.24, 2.45) is 0 Å². The van der Waals surface area contributed by atoms with Gasteiger partial charge in [0.1, 0.15) is 17.5 Å². The van der Waals surface area contributed by atoms with Crippen molar-refractivity contribution < 1.29 is 9.21 Å². The standard InChI is InChI=1S/C16H20BrN5O2/c1-11-20-14(10-15(21-11)22-8-2-3-9-22)18-6-7-19-16(23)12-4-5-13(17)24-12/h4-5,10H,2-3,6-9H2,1H3,(H,19,23)(H,18,20,21). The minimum absolute atomic E-state index is 0.237. The number of nitrogens with zero attached hydrogens (tertiary/aromatic N) is 3. The van der Waals surface area contributed by atoms with Crippen molar-refractivity contribution in [3.05, 3.63) is 34.5 Å². The first-order valence-corrected chi connectivity index (χ1v) is 8.79. The molecular formula is C16H20BrN5O2. The second-order valence-corrected chi connectivity index (χ2v) is 6.42. The Morgan fingerprint density at radius 3 is 2.79 bits per heavy atom. The molecule has 7 nitrogen and oxygen atoms in total. The molecule has 24 heavy (non-hydrogen) atoms. The normalized spacial score (nSPS) is 14.0. The van der Waals surface area contributed by atoms with Gasteiger partial charge in [-0.1, -0.05) is 0 Å². The zero-order valence-electron chi connectivity index (χ0n) is 13.5. The van der Waals surface area contributed by atoms with E-state index in [2.05, 4.69) is 41.4 Å². The number of nitrogens with one attached hydrogen (secondary N) is 2. The summed E-state index contributed by atoms with van der Waals surface area (Å²) in [5, 5.41) is 6.03. The van der Waals surface area contributed by atoms with Crippen molar-refractivity contribution in [3.63, 3.8) is 0 Å². The predicted molar refractivity (Wildman–Crippen MR) is 95.4 cm³/mol. The molecule has 0 bridgehead atoms. The van der Waals surface area contributed by atoms with Crippen LogP contribution in [0.1, 0.15) is 29.2 Å². The molecule has 128 valence electrons. The highest BCUT2D eigenvalue weighted by atomic mass is 79.9. The maximum absolute atomic E-state index is 11.9. The monoisotopic (exact) mass is 393 g/mol. The lowest BCUT2D eigenvalue weighted by Crippen LogP contribution is -2.28. The summed E-state index contributed by atoms with van der Waals surface area (Å²) >= 11 is 3.18. The summed E-state index contributed by atoms with van der Waals surface area (Å²) in [6.07, 6.45) is 2.42. The number of aryl methyl sites for hydroxylation is 1. The number of hydrogen-bond acceptors (Lipinski definition) is 6. The Morgan fingerprint density at radius 2 is 2.08 bits per heavy atom. The number of hydrogen-bond donors (Lipinski definition) is 2. The van der Waals surface area contributed by atoms with Crippen molar-refractivity contribution >= 4 is 33.5 Å². The Morgan fingerprint density at radius 1 is 1.29 bits per heavy atom. The molecule has 3 rings (SSSR count). The van der Waals surface area contributed by atoms with Crippen LogP contribution in [0, 0.1) is 6.92 Å². The molecule has 0 radical (unpaired) electrons. The van der Waals surface area contributed by atoms with Gasteiger partial charge in [0.15, 0.2) is 10.4 Å². The lowest BCUT2D eigenvalue weighted by molar-refractivity contribution is 0.0926.